The van der Waals surface area contributed by atoms with Crippen molar-refractivity contribution in [2.75, 3.05) is 0 Å². The molecule has 0 amide bonds. The average Bonchev–Trinajstić information content (AvgIpc) is 2.08. The normalized spacial score (nSPS) is 12.6. The Morgan fingerprint density at radius 2 is 2.15 bits per heavy atom. The number of halogens is 2. The molecule has 0 spiro atoms. The lowest BCUT2D eigenvalue weighted by Crippen LogP contribution is -2.12. The number of carbonyl (C=O) groups is 1. The third kappa shape index (κ3) is 2.07. The first-order valence-electron chi connectivity index (χ1n) is 3.97. The number of hydrogen-bond acceptors (Lipinski definition) is 1. The summed E-state index contributed by atoms with van der Waals surface area (Å²) in [5.74, 6) is -0.609. The Kier molecular flexibility index (Phi) is 3.04. The summed E-state index contributed by atoms with van der Waals surface area (Å²) in [6.45, 7) is 3.15. The van der Waals surface area contributed by atoms with Crippen LogP contribution in [0.3, 0.4) is 0 Å². The smallest absolute Gasteiger partial charge is 0.180 e. The van der Waals surface area contributed by atoms with Gasteiger partial charge in [0.1, 0.15) is 5.82 Å². The Balaban J connectivity index is 3.15. The monoisotopic (exact) mass is 200 g/mol. The fraction of sp³-hybridized carbons (Fsp3) is 0.300. The van der Waals surface area contributed by atoms with Gasteiger partial charge in [-0.1, -0.05) is 12.1 Å². The minimum atomic E-state index is -0.611. The molecule has 70 valence electrons. The van der Waals surface area contributed by atoms with Crippen LogP contribution < -0.4 is 0 Å². The highest BCUT2D eigenvalue weighted by molar-refractivity contribution is 6.33. The molecule has 0 N–H and O–H groups in total. The van der Waals surface area contributed by atoms with Gasteiger partial charge in [0.25, 0.3) is 0 Å². The lowest BCUT2D eigenvalue weighted by Gasteiger charge is -2.06. The maximum atomic E-state index is 13.0. The van der Waals surface area contributed by atoms with E-state index in [4.69, 9.17) is 11.6 Å². The van der Waals surface area contributed by atoms with Gasteiger partial charge in [-0.3, -0.25) is 4.79 Å². The summed E-state index contributed by atoms with van der Waals surface area (Å²) in [4.78, 5) is 11.4. The van der Waals surface area contributed by atoms with Crippen molar-refractivity contribution < 1.29 is 9.18 Å². The summed E-state index contributed by atoms with van der Waals surface area (Å²) in [6, 6.07) is 4.42. The van der Waals surface area contributed by atoms with Crippen LogP contribution in [-0.2, 0) is 0 Å². The summed E-state index contributed by atoms with van der Waals surface area (Å²) >= 11 is 5.62. The zero-order valence-electron chi connectivity index (χ0n) is 7.47. The van der Waals surface area contributed by atoms with E-state index in [1.165, 1.54) is 12.1 Å². The third-order valence-corrected chi connectivity index (χ3v) is 2.09. The number of rotatable bonds is 2. The summed E-state index contributed by atoms with van der Waals surface area (Å²) in [6.07, 6.45) is 0. The second-order valence-corrected chi connectivity index (χ2v) is 3.55. The van der Waals surface area contributed by atoms with Gasteiger partial charge in [-0.05, 0) is 25.5 Å². The molecule has 1 aromatic rings. The van der Waals surface area contributed by atoms with Crippen LogP contribution in [0.5, 0.6) is 0 Å². The van der Waals surface area contributed by atoms with Crippen LogP contribution in [0.25, 0.3) is 0 Å². The fourth-order valence-corrected chi connectivity index (χ4v) is 1.21. The summed E-state index contributed by atoms with van der Waals surface area (Å²) in [5.41, 5.74) is 0.725. The molecule has 0 aromatic heterocycles. The van der Waals surface area contributed by atoms with E-state index in [0.717, 1.165) is 0 Å². The van der Waals surface area contributed by atoms with E-state index in [1.807, 2.05) is 0 Å². The first-order valence-corrected chi connectivity index (χ1v) is 4.41. The third-order valence-electron chi connectivity index (χ3n) is 1.89. The van der Waals surface area contributed by atoms with Gasteiger partial charge in [0.15, 0.2) is 5.78 Å². The van der Waals surface area contributed by atoms with Crippen molar-refractivity contribution in [2.45, 2.75) is 19.2 Å². The quantitative estimate of drug-likeness (QED) is 0.530. The van der Waals surface area contributed by atoms with E-state index < -0.39 is 5.38 Å². The van der Waals surface area contributed by atoms with Crippen molar-refractivity contribution in [2.24, 2.45) is 0 Å². The summed E-state index contributed by atoms with van der Waals surface area (Å²) in [7, 11) is 0. The van der Waals surface area contributed by atoms with Crippen molar-refractivity contribution in [1.29, 1.82) is 0 Å². The van der Waals surface area contributed by atoms with Crippen molar-refractivity contribution in [3.8, 4) is 0 Å². The second kappa shape index (κ2) is 3.88. The zero-order chi connectivity index (χ0) is 10.0. The zero-order valence-corrected chi connectivity index (χ0v) is 8.23. The molecule has 1 nitrogen and oxygen atoms in total. The molecule has 0 aliphatic heterocycles. The molecule has 0 heterocycles. The standard InChI is InChI=1S/C10H10ClFO/c1-6-8(10(13)7(2)11)4-3-5-9(6)12/h3-5,7H,1-2H3. The highest BCUT2D eigenvalue weighted by Crippen LogP contribution is 2.15. The molecule has 0 saturated carbocycles. The van der Waals surface area contributed by atoms with Crippen LogP contribution in [-0.4, -0.2) is 11.2 Å². The number of benzene rings is 1. The maximum absolute atomic E-state index is 13.0. The molecule has 13 heavy (non-hydrogen) atoms. The molecule has 0 saturated heterocycles. The Labute approximate surface area is 81.5 Å². The van der Waals surface area contributed by atoms with Crippen molar-refractivity contribution in [1.82, 2.24) is 0 Å². The molecule has 0 fully saturated rings. The second-order valence-electron chi connectivity index (χ2n) is 2.89. The summed E-state index contributed by atoms with van der Waals surface area (Å²) < 4.78 is 13.0. The molecular weight excluding hydrogens is 191 g/mol. The van der Waals surface area contributed by atoms with Crippen LogP contribution in [0.2, 0.25) is 0 Å². The SMILES string of the molecule is Cc1c(F)cccc1C(=O)C(C)Cl. The van der Waals surface area contributed by atoms with Gasteiger partial charge in [0, 0.05) is 5.56 Å². The van der Waals surface area contributed by atoms with E-state index in [2.05, 4.69) is 0 Å². The van der Waals surface area contributed by atoms with Crippen LogP contribution >= 0.6 is 11.6 Å². The lowest BCUT2D eigenvalue weighted by atomic mass is 10.0. The van der Waals surface area contributed by atoms with Crippen LogP contribution in [0.4, 0.5) is 4.39 Å². The Bertz CT molecular complexity index is 334. The molecule has 0 aliphatic rings. The number of Topliss-reactive ketones (excluding diaryl/α,β-unsaturated/α-hetero) is 1. The van der Waals surface area contributed by atoms with Gasteiger partial charge in [-0.15, -0.1) is 11.6 Å². The van der Waals surface area contributed by atoms with E-state index in [9.17, 15) is 9.18 Å². The largest absolute Gasteiger partial charge is 0.293 e. The van der Waals surface area contributed by atoms with Gasteiger partial charge in [-0.2, -0.15) is 0 Å². The van der Waals surface area contributed by atoms with Gasteiger partial charge in [0.05, 0.1) is 5.38 Å². The number of hydrogen-bond donors (Lipinski definition) is 0. The van der Waals surface area contributed by atoms with E-state index >= 15 is 0 Å². The molecule has 1 aromatic carbocycles. The molecule has 1 atom stereocenters. The Morgan fingerprint density at radius 1 is 1.54 bits per heavy atom. The van der Waals surface area contributed by atoms with Gasteiger partial charge >= 0.3 is 0 Å². The maximum Gasteiger partial charge on any atom is 0.180 e. The molecule has 1 unspecified atom stereocenters. The number of alkyl halides is 1. The van der Waals surface area contributed by atoms with E-state index in [1.54, 1.807) is 19.9 Å². The predicted octanol–water partition coefficient (Wildman–Crippen LogP) is 2.94. The van der Waals surface area contributed by atoms with Crippen LogP contribution in [0.15, 0.2) is 18.2 Å². The van der Waals surface area contributed by atoms with Gasteiger partial charge < -0.3 is 0 Å². The molecule has 0 bridgehead atoms. The lowest BCUT2D eigenvalue weighted by molar-refractivity contribution is 0.0990. The molecule has 0 aliphatic carbocycles. The molecule has 1 rings (SSSR count). The number of carbonyl (C=O) groups excluding carboxylic acids is 1. The van der Waals surface area contributed by atoms with Gasteiger partial charge in [-0.25, -0.2) is 4.39 Å². The number of ketones is 1. The van der Waals surface area contributed by atoms with E-state index in [-0.39, 0.29) is 11.6 Å². The molecule has 0 radical (unpaired) electrons. The Hall–Kier alpha value is -0.890. The molecular formula is C10H10ClFO. The van der Waals surface area contributed by atoms with Crippen molar-refractivity contribution in [3.05, 3.63) is 35.1 Å². The topological polar surface area (TPSA) is 17.1 Å². The van der Waals surface area contributed by atoms with Crippen LogP contribution in [0.1, 0.15) is 22.8 Å². The van der Waals surface area contributed by atoms with Crippen LogP contribution in [0, 0.1) is 12.7 Å². The minimum Gasteiger partial charge on any atom is -0.293 e. The van der Waals surface area contributed by atoms with Crippen molar-refractivity contribution >= 4 is 17.4 Å². The predicted molar refractivity (Wildman–Crippen MR) is 50.8 cm³/mol. The first kappa shape index (κ1) is 10.2. The fourth-order valence-electron chi connectivity index (χ4n) is 1.09. The minimum absolute atomic E-state index is 0.237. The molecule has 3 heteroatoms. The van der Waals surface area contributed by atoms with E-state index in [0.29, 0.717) is 11.1 Å². The summed E-state index contributed by atoms with van der Waals surface area (Å²) in [5, 5.41) is -0.611. The highest BCUT2D eigenvalue weighted by Gasteiger charge is 2.15. The first-order chi connectivity index (χ1) is 6.04. The Morgan fingerprint density at radius 3 is 2.69 bits per heavy atom. The average molecular weight is 201 g/mol. The highest BCUT2D eigenvalue weighted by atomic mass is 35.5. The van der Waals surface area contributed by atoms with Crippen molar-refractivity contribution in [3.63, 3.8) is 0 Å². The van der Waals surface area contributed by atoms with Gasteiger partial charge in [0.2, 0.25) is 0 Å².